The van der Waals surface area contributed by atoms with E-state index in [4.69, 9.17) is 0 Å². The summed E-state index contributed by atoms with van der Waals surface area (Å²) in [6.07, 6.45) is 7.47. The summed E-state index contributed by atoms with van der Waals surface area (Å²) in [5.41, 5.74) is -0.844. The lowest BCUT2D eigenvalue weighted by Gasteiger charge is -2.27. The van der Waals surface area contributed by atoms with Gasteiger partial charge in [0, 0.05) is 6.42 Å². The van der Waals surface area contributed by atoms with E-state index in [1.807, 2.05) is 13.8 Å². The van der Waals surface area contributed by atoms with E-state index < -0.39 is 5.54 Å². The van der Waals surface area contributed by atoms with Crippen molar-refractivity contribution in [3.63, 3.8) is 0 Å². The molecule has 0 saturated heterocycles. The third kappa shape index (κ3) is 5.23. The zero-order valence-electron chi connectivity index (χ0n) is 14.8. The van der Waals surface area contributed by atoms with Gasteiger partial charge in [0.15, 0.2) is 0 Å². The van der Waals surface area contributed by atoms with E-state index >= 15 is 0 Å². The monoisotopic (exact) mass is 349 g/mol. The summed E-state index contributed by atoms with van der Waals surface area (Å²) in [4.78, 5) is 16.5. The molecule has 1 heterocycles. The second kappa shape index (κ2) is 8.52. The number of rotatable bonds is 8. The number of nitriles is 1. The number of carbonyl (C=O) groups is 1. The number of H-pyrrole nitrogens is 1. The first-order valence-electron chi connectivity index (χ1n) is 8.69. The molecule has 0 aromatic carbocycles. The summed E-state index contributed by atoms with van der Waals surface area (Å²) in [7, 11) is 0. The number of hydrogen-bond acceptors (Lipinski definition) is 5. The molecule has 1 amide bonds. The largest absolute Gasteiger partial charge is 0.337 e. The summed E-state index contributed by atoms with van der Waals surface area (Å²) >= 11 is 1.30. The number of nitrogens with one attached hydrogen (secondary N) is 2. The number of amides is 1. The van der Waals surface area contributed by atoms with Crippen LogP contribution in [0.25, 0.3) is 0 Å². The Morgan fingerprint density at radius 2 is 2.21 bits per heavy atom. The fourth-order valence-electron chi connectivity index (χ4n) is 2.85. The first-order chi connectivity index (χ1) is 11.4. The first-order valence-corrected chi connectivity index (χ1v) is 9.68. The Labute approximate surface area is 148 Å². The molecule has 1 atom stereocenters. The van der Waals surface area contributed by atoms with Crippen LogP contribution >= 0.6 is 11.8 Å². The van der Waals surface area contributed by atoms with Crippen molar-refractivity contribution in [2.24, 2.45) is 11.8 Å². The van der Waals surface area contributed by atoms with E-state index in [-0.39, 0.29) is 17.6 Å². The highest BCUT2D eigenvalue weighted by atomic mass is 32.2. The smallest absolute Gasteiger partial charge is 0.231 e. The molecule has 2 N–H and O–H groups in total. The molecule has 1 aliphatic rings. The van der Waals surface area contributed by atoms with Crippen molar-refractivity contribution in [2.45, 2.75) is 70.0 Å². The van der Waals surface area contributed by atoms with Crippen molar-refractivity contribution < 1.29 is 4.79 Å². The van der Waals surface area contributed by atoms with E-state index in [9.17, 15) is 10.1 Å². The minimum absolute atomic E-state index is 0.0437. The van der Waals surface area contributed by atoms with Crippen molar-refractivity contribution in [3.05, 3.63) is 5.82 Å². The van der Waals surface area contributed by atoms with E-state index in [1.54, 1.807) is 6.92 Å². The van der Waals surface area contributed by atoms with Gasteiger partial charge in [-0.25, -0.2) is 4.98 Å². The van der Waals surface area contributed by atoms with Gasteiger partial charge in [-0.3, -0.25) is 9.89 Å². The Morgan fingerprint density at radius 1 is 1.50 bits per heavy atom. The van der Waals surface area contributed by atoms with Crippen LogP contribution in [0, 0.1) is 23.2 Å². The van der Waals surface area contributed by atoms with Gasteiger partial charge in [0.1, 0.15) is 11.4 Å². The summed E-state index contributed by atoms with van der Waals surface area (Å²) in [6.45, 7) is 5.58. The van der Waals surface area contributed by atoms with Crippen LogP contribution in [-0.2, 0) is 11.2 Å². The van der Waals surface area contributed by atoms with Crippen LogP contribution < -0.4 is 5.32 Å². The van der Waals surface area contributed by atoms with Crippen molar-refractivity contribution in [1.29, 1.82) is 5.26 Å². The third-order valence-corrected chi connectivity index (χ3v) is 5.74. The zero-order chi connectivity index (χ0) is 17.6. The molecule has 1 unspecified atom stereocenters. The lowest BCUT2D eigenvalue weighted by molar-refractivity contribution is -0.120. The van der Waals surface area contributed by atoms with Crippen LogP contribution in [0.5, 0.6) is 0 Å². The van der Waals surface area contributed by atoms with Gasteiger partial charge >= 0.3 is 0 Å². The van der Waals surface area contributed by atoms with Crippen LogP contribution in [0.2, 0.25) is 0 Å². The second-order valence-electron chi connectivity index (χ2n) is 7.06. The Hall–Kier alpha value is -1.55. The van der Waals surface area contributed by atoms with Gasteiger partial charge in [0.2, 0.25) is 11.1 Å². The molecular formula is C17H27N5OS. The lowest BCUT2D eigenvalue weighted by Crippen LogP contribution is -2.49. The number of aromatic amines is 1. The SMILES string of the molecule is CC(C)C(C)(C#N)NC(=O)CSc1n[nH]c(CCC2CCCC2)n1. The number of hydrogen-bond donors (Lipinski definition) is 2. The van der Waals surface area contributed by atoms with Crippen molar-refractivity contribution in [2.75, 3.05) is 5.75 Å². The molecule has 0 bridgehead atoms. The average molecular weight is 350 g/mol. The van der Waals surface area contributed by atoms with Gasteiger partial charge in [-0.05, 0) is 25.2 Å². The van der Waals surface area contributed by atoms with Gasteiger partial charge in [-0.2, -0.15) is 5.26 Å². The highest BCUT2D eigenvalue weighted by molar-refractivity contribution is 7.99. The van der Waals surface area contributed by atoms with Crippen molar-refractivity contribution >= 4 is 17.7 Å². The molecule has 1 saturated carbocycles. The molecular weight excluding hydrogens is 322 g/mol. The minimum Gasteiger partial charge on any atom is -0.337 e. The topological polar surface area (TPSA) is 94.5 Å². The zero-order valence-corrected chi connectivity index (χ0v) is 15.6. The molecule has 1 aromatic heterocycles. The number of thioether (sulfide) groups is 1. The molecule has 6 nitrogen and oxygen atoms in total. The predicted octanol–water partition coefficient (Wildman–Crippen LogP) is 3.07. The molecule has 1 fully saturated rings. The lowest BCUT2D eigenvalue weighted by atomic mass is 9.90. The maximum Gasteiger partial charge on any atom is 0.231 e. The molecule has 0 aliphatic heterocycles. The highest BCUT2D eigenvalue weighted by Gasteiger charge is 2.29. The number of nitrogens with zero attached hydrogens (tertiary/aromatic N) is 3. The van der Waals surface area contributed by atoms with Gasteiger partial charge in [0.25, 0.3) is 0 Å². The van der Waals surface area contributed by atoms with Gasteiger partial charge in [-0.1, -0.05) is 51.3 Å². The normalized spacial score (nSPS) is 17.6. The van der Waals surface area contributed by atoms with Crippen LogP contribution in [-0.4, -0.2) is 32.4 Å². The Bertz CT molecular complexity index is 588. The van der Waals surface area contributed by atoms with E-state index in [2.05, 4.69) is 26.6 Å². The molecule has 0 radical (unpaired) electrons. The molecule has 1 aliphatic carbocycles. The second-order valence-corrected chi connectivity index (χ2v) is 8.00. The predicted molar refractivity (Wildman–Crippen MR) is 94.4 cm³/mol. The summed E-state index contributed by atoms with van der Waals surface area (Å²) in [5.74, 6) is 1.81. The summed E-state index contributed by atoms with van der Waals surface area (Å²) < 4.78 is 0. The van der Waals surface area contributed by atoms with E-state index in [1.165, 1.54) is 37.4 Å². The maximum atomic E-state index is 12.1. The summed E-state index contributed by atoms with van der Waals surface area (Å²) in [5, 5.41) is 19.8. The van der Waals surface area contributed by atoms with Crippen LogP contribution in [0.1, 0.15) is 58.7 Å². The first kappa shape index (κ1) is 18.8. The van der Waals surface area contributed by atoms with Crippen LogP contribution in [0.15, 0.2) is 5.16 Å². The number of aryl methyl sites for hydroxylation is 1. The Morgan fingerprint density at radius 3 is 2.83 bits per heavy atom. The van der Waals surface area contributed by atoms with Crippen molar-refractivity contribution in [3.8, 4) is 6.07 Å². The molecule has 0 spiro atoms. The number of aromatic nitrogens is 3. The average Bonchev–Trinajstić information content (AvgIpc) is 3.22. The van der Waals surface area contributed by atoms with Gasteiger partial charge in [-0.15, -0.1) is 5.10 Å². The molecule has 1 aromatic rings. The Balaban J connectivity index is 1.76. The van der Waals surface area contributed by atoms with E-state index in [0.717, 1.165) is 24.6 Å². The van der Waals surface area contributed by atoms with Crippen molar-refractivity contribution in [1.82, 2.24) is 20.5 Å². The van der Waals surface area contributed by atoms with Crippen LogP contribution in [0.4, 0.5) is 0 Å². The van der Waals surface area contributed by atoms with Crippen LogP contribution in [0.3, 0.4) is 0 Å². The highest BCUT2D eigenvalue weighted by Crippen LogP contribution is 2.28. The standard InChI is InChI=1S/C17H27N5OS/c1-12(2)17(3,11-18)20-15(23)10-24-16-19-14(21-22-16)9-8-13-6-4-5-7-13/h12-13H,4-10H2,1-3H3,(H,20,23)(H,19,21,22). The fraction of sp³-hybridized carbons (Fsp3) is 0.765. The van der Waals surface area contributed by atoms with Gasteiger partial charge in [0.05, 0.1) is 11.8 Å². The minimum atomic E-state index is -0.844. The van der Waals surface area contributed by atoms with E-state index in [0.29, 0.717) is 5.16 Å². The molecule has 7 heteroatoms. The molecule has 2 rings (SSSR count). The summed E-state index contributed by atoms with van der Waals surface area (Å²) in [6, 6.07) is 2.18. The maximum absolute atomic E-state index is 12.1. The van der Waals surface area contributed by atoms with Gasteiger partial charge < -0.3 is 5.32 Å². The number of carbonyl (C=O) groups excluding carboxylic acids is 1. The quantitative estimate of drug-likeness (QED) is 0.703. The Kier molecular flexibility index (Phi) is 6.67. The molecule has 132 valence electrons. The third-order valence-electron chi connectivity index (χ3n) is 4.89. The molecule has 24 heavy (non-hydrogen) atoms. The fourth-order valence-corrected chi connectivity index (χ4v) is 3.47.